The Bertz CT molecular complexity index is 783. The molecule has 28 heavy (non-hydrogen) atoms. The fourth-order valence-electron chi connectivity index (χ4n) is 3.57. The Labute approximate surface area is 167 Å². The summed E-state index contributed by atoms with van der Waals surface area (Å²) in [6.45, 7) is 10.4. The van der Waals surface area contributed by atoms with Crippen LogP contribution in [0.4, 0.5) is 0 Å². The molecule has 1 aliphatic rings. The van der Waals surface area contributed by atoms with Crippen LogP contribution in [0.5, 0.6) is 11.5 Å². The third kappa shape index (κ3) is 3.98. The van der Waals surface area contributed by atoms with Crippen molar-refractivity contribution in [3.05, 3.63) is 29.6 Å². The maximum absolute atomic E-state index is 5.74. The smallest absolute Gasteiger partial charge is 0.173 e. The van der Waals surface area contributed by atoms with Crippen molar-refractivity contribution >= 4 is 0 Å². The Morgan fingerprint density at radius 3 is 2.43 bits per heavy atom. The zero-order valence-electron chi connectivity index (χ0n) is 17.8. The van der Waals surface area contributed by atoms with Crippen LogP contribution < -0.4 is 9.47 Å². The lowest BCUT2D eigenvalue weighted by Gasteiger charge is -2.39. The summed E-state index contributed by atoms with van der Waals surface area (Å²) in [6.07, 6.45) is 0.931. The van der Waals surface area contributed by atoms with E-state index in [9.17, 15) is 0 Å². The molecule has 0 N–H and O–H groups in total. The molecule has 0 radical (unpaired) electrons. The van der Waals surface area contributed by atoms with E-state index in [1.807, 2.05) is 16.8 Å². The summed E-state index contributed by atoms with van der Waals surface area (Å²) in [4.78, 5) is 4.79. The quantitative estimate of drug-likeness (QED) is 0.720. The lowest BCUT2D eigenvalue weighted by Crippen LogP contribution is -2.47. The summed E-state index contributed by atoms with van der Waals surface area (Å²) in [6, 6.07) is 5.88. The molecule has 0 spiro atoms. The molecule has 1 atom stereocenters. The molecule has 0 aliphatic carbocycles. The number of likely N-dealkylation sites (N-methyl/N-ethyl adjacent to an activating group) is 1. The summed E-state index contributed by atoms with van der Waals surface area (Å²) < 4.78 is 13.1. The summed E-state index contributed by atoms with van der Waals surface area (Å²) in [5.74, 6) is 2.40. The van der Waals surface area contributed by atoms with Crippen molar-refractivity contribution in [1.29, 1.82) is 0 Å². The van der Waals surface area contributed by atoms with Crippen LogP contribution in [0, 0.1) is 0 Å². The minimum Gasteiger partial charge on any atom is -0.497 e. The molecular weight excluding hydrogens is 356 g/mol. The number of benzene rings is 1. The van der Waals surface area contributed by atoms with Crippen LogP contribution in [0.15, 0.2) is 18.2 Å². The first kappa shape index (κ1) is 20.5. The molecule has 1 saturated heterocycles. The number of nitrogens with zero attached hydrogens (tertiary/aromatic N) is 6. The van der Waals surface area contributed by atoms with Gasteiger partial charge in [-0.15, -0.1) is 5.10 Å². The lowest BCUT2D eigenvalue weighted by molar-refractivity contribution is 0.116. The van der Waals surface area contributed by atoms with Crippen LogP contribution in [0.1, 0.15) is 44.6 Å². The minimum atomic E-state index is -0.177. The van der Waals surface area contributed by atoms with Crippen molar-refractivity contribution in [3.8, 4) is 11.5 Å². The maximum Gasteiger partial charge on any atom is 0.173 e. The summed E-state index contributed by atoms with van der Waals surface area (Å²) in [5.41, 5.74) is 0.874. The Hall–Kier alpha value is -2.19. The SMILES string of the molecule is CCC(C)(C)n1nnnc1[C@@H](c1ccc(OC)cc1OC)N1CCN(C)CC1. The second-order valence-electron chi connectivity index (χ2n) is 7.96. The van der Waals surface area contributed by atoms with Gasteiger partial charge < -0.3 is 14.4 Å². The monoisotopic (exact) mass is 388 g/mol. The molecule has 1 aromatic carbocycles. The molecule has 0 bridgehead atoms. The highest BCUT2D eigenvalue weighted by Crippen LogP contribution is 2.37. The Morgan fingerprint density at radius 1 is 1.11 bits per heavy atom. The fraction of sp³-hybridized carbons (Fsp3) is 0.650. The lowest BCUT2D eigenvalue weighted by atomic mass is 9.98. The molecule has 2 aromatic rings. The largest absolute Gasteiger partial charge is 0.497 e. The molecule has 8 nitrogen and oxygen atoms in total. The highest BCUT2D eigenvalue weighted by atomic mass is 16.5. The van der Waals surface area contributed by atoms with Gasteiger partial charge in [0.15, 0.2) is 5.82 Å². The van der Waals surface area contributed by atoms with E-state index in [4.69, 9.17) is 9.47 Å². The second-order valence-corrected chi connectivity index (χ2v) is 7.96. The Balaban J connectivity index is 2.11. The van der Waals surface area contributed by atoms with Gasteiger partial charge in [-0.3, -0.25) is 4.90 Å². The molecule has 2 heterocycles. The highest BCUT2D eigenvalue weighted by molar-refractivity contribution is 5.44. The van der Waals surface area contributed by atoms with Gasteiger partial charge >= 0.3 is 0 Å². The van der Waals surface area contributed by atoms with E-state index in [0.717, 1.165) is 55.5 Å². The van der Waals surface area contributed by atoms with Gasteiger partial charge in [0.25, 0.3) is 0 Å². The van der Waals surface area contributed by atoms with Crippen molar-refractivity contribution in [2.75, 3.05) is 47.4 Å². The number of tetrazole rings is 1. The first-order valence-electron chi connectivity index (χ1n) is 9.84. The molecule has 0 saturated carbocycles. The van der Waals surface area contributed by atoms with E-state index in [1.165, 1.54) is 0 Å². The number of hydrogen-bond acceptors (Lipinski definition) is 7. The van der Waals surface area contributed by atoms with E-state index in [2.05, 4.69) is 59.2 Å². The van der Waals surface area contributed by atoms with Crippen LogP contribution in [0.25, 0.3) is 0 Å². The van der Waals surface area contributed by atoms with E-state index < -0.39 is 0 Å². The van der Waals surface area contributed by atoms with Crippen LogP contribution in [0.3, 0.4) is 0 Å². The summed E-state index contributed by atoms with van der Waals surface area (Å²) in [7, 11) is 5.51. The highest BCUT2D eigenvalue weighted by Gasteiger charge is 2.35. The van der Waals surface area contributed by atoms with Gasteiger partial charge in [-0.2, -0.15) is 0 Å². The van der Waals surface area contributed by atoms with Crippen molar-refractivity contribution in [3.63, 3.8) is 0 Å². The third-order valence-electron chi connectivity index (χ3n) is 5.82. The van der Waals surface area contributed by atoms with Crippen molar-refractivity contribution in [2.24, 2.45) is 0 Å². The van der Waals surface area contributed by atoms with Gasteiger partial charge in [0.1, 0.15) is 17.5 Å². The van der Waals surface area contributed by atoms with Gasteiger partial charge in [0.2, 0.25) is 0 Å². The van der Waals surface area contributed by atoms with Gasteiger partial charge in [-0.05, 0) is 49.9 Å². The van der Waals surface area contributed by atoms with Crippen LogP contribution in [-0.4, -0.2) is 77.5 Å². The zero-order chi connectivity index (χ0) is 20.3. The molecule has 3 rings (SSSR count). The maximum atomic E-state index is 5.74. The van der Waals surface area contributed by atoms with Gasteiger partial charge in [-0.1, -0.05) is 6.92 Å². The van der Waals surface area contributed by atoms with Gasteiger partial charge in [-0.25, -0.2) is 4.68 Å². The van der Waals surface area contributed by atoms with Gasteiger partial charge in [0, 0.05) is 37.8 Å². The molecule has 0 unspecified atom stereocenters. The molecule has 1 fully saturated rings. The van der Waals surface area contributed by atoms with Crippen molar-refractivity contribution in [2.45, 2.75) is 38.8 Å². The average Bonchev–Trinajstić information content (AvgIpc) is 3.20. The Kier molecular flexibility index (Phi) is 6.20. The van der Waals surface area contributed by atoms with Crippen LogP contribution in [0.2, 0.25) is 0 Å². The molecule has 154 valence electrons. The van der Waals surface area contributed by atoms with E-state index >= 15 is 0 Å². The first-order chi connectivity index (χ1) is 13.4. The predicted molar refractivity (Wildman–Crippen MR) is 108 cm³/mol. The average molecular weight is 389 g/mol. The number of ether oxygens (including phenoxy) is 2. The van der Waals surface area contributed by atoms with Crippen LogP contribution in [-0.2, 0) is 5.54 Å². The van der Waals surface area contributed by atoms with E-state index in [-0.39, 0.29) is 11.6 Å². The van der Waals surface area contributed by atoms with Crippen LogP contribution >= 0.6 is 0 Å². The molecule has 8 heteroatoms. The zero-order valence-corrected chi connectivity index (χ0v) is 17.8. The predicted octanol–water partition coefficient (Wildman–Crippen LogP) is 2.17. The summed E-state index contributed by atoms with van der Waals surface area (Å²) in [5, 5.41) is 12.9. The molecule has 1 aliphatic heterocycles. The normalized spacial score (nSPS) is 17.5. The number of piperazine rings is 1. The summed E-state index contributed by atoms with van der Waals surface area (Å²) >= 11 is 0. The molecule has 1 aromatic heterocycles. The number of methoxy groups -OCH3 is 2. The third-order valence-corrected chi connectivity index (χ3v) is 5.82. The topological polar surface area (TPSA) is 68.5 Å². The minimum absolute atomic E-state index is 0.0876. The Morgan fingerprint density at radius 2 is 1.82 bits per heavy atom. The van der Waals surface area contributed by atoms with Gasteiger partial charge in [0.05, 0.1) is 19.8 Å². The number of rotatable bonds is 7. The molecular formula is C20H32N6O2. The molecule has 0 amide bonds. The first-order valence-corrected chi connectivity index (χ1v) is 9.84. The second kappa shape index (κ2) is 8.45. The number of hydrogen-bond donors (Lipinski definition) is 0. The fourth-order valence-corrected chi connectivity index (χ4v) is 3.57. The van der Waals surface area contributed by atoms with Crippen molar-refractivity contribution in [1.82, 2.24) is 30.0 Å². The van der Waals surface area contributed by atoms with E-state index in [0.29, 0.717) is 0 Å². The number of aromatic nitrogens is 4. The van der Waals surface area contributed by atoms with E-state index in [1.54, 1.807) is 14.2 Å². The standard InChI is InChI=1S/C20H32N6O2/c1-7-20(2,3)26-19(21-22-23-26)18(25-12-10-24(4)11-13-25)16-9-8-15(27-5)14-17(16)28-6/h8-9,14,18H,7,10-13H2,1-6H3/t18-/m1/s1. The van der Waals surface area contributed by atoms with Crippen molar-refractivity contribution < 1.29 is 9.47 Å².